The van der Waals surface area contributed by atoms with Crippen molar-refractivity contribution in [2.75, 3.05) is 19.5 Å². The smallest absolute Gasteiger partial charge is 0.187 e. The van der Waals surface area contributed by atoms with Crippen molar-refractivity contribution in [2.24, 2.45) is 0 Å². The molecule has 144 valence electrons. The Balaban J connectivity index is 1.40. The third kappa shape index (κ3) is 4.16. The van der Waals surface area contributed by atoms with E-state index in [1.807, 2.05) is 30.3 Å². The fourth-order valence-electron chi connectivity index (χ4n) is 2.88. The molecule has 4 aromatic rings. The first-order valence-corrected chi connectivity index (χ1v) is 10.7. The highest BCUT2D eigenvalue weighted by Crippen LogP contribution is 2.30. The number of rotatable bonds is 7. The topological polar surface area (TPSA) is 50.3 Å². The molecule has 0 aliphatic heterocycles. The van der Waals surface area contributed by atoms with Crippen molar-refractivity contribution in [2.45, 2.75) is 19.5 Å². The van der Waals surface area contributed by atoms with Crippen LogP contribution in [0.25, 0.3) is 10.2 Å². The molecule has 5 nitrogen and oxygen atoms in total. The number of ether oxygens (including phenoxy) is 1. The Bertz CT molecular complexity index is 1020. The van der Waals surface area contributed by atoms with Crippen molar-refractivity contribution in [1.29, 1.82) is 0 Å². The van der Waals surface area contributed by atoms with Gasteiger partial charge in [0.2, 0.25) is 0 Å². The number of aromatic nitrogens is 2. The summed E-state index contributed by atoms with van der Waals surface area (Å²) in [5.74, 6) is 0.843. The summed E-state index contributed by atoms with van der Waals surface area (Å²) in [5.41, 5.74) is 3.12. The van der Waals surface area contributed by atoms with Crippen LogP contribution in [0.15, 0.2) is 53.9 Å². The highest BCUT2D eigenvalue weighted by atomic mass is 32.1. The molecular weight excluding hydrogens is 388 g/mol. The van der Waals surface area contributed by atoms with Crippen LogP contribution in [0.5, 0.6) is 5.75 Å². The molecule has 0 fully saturated rings. The van der Waals surface area contributed by atoms with E-state index in [1.165, 1.54) is 4.70 Å². The number of nitrogens with zero attached hydrogens (tertiary/aromatic N) is 3. The lowest BCUT2D eigenvalue weighted by Gasteiger charge is -2.21. The molecule has 0 aliphatic carbocycles. The van der Waals surface area contributed by atoms with Gasteiger partial charge in [-0.25, -0.2) is 9.97 Å². The summed E-state index contributed by atoms with van der Waals surface area (Å²) < 4.78 is 6.43. The van der Waals surface area contributed by atoms with Crippen LogP contribution in [0.1, 0.15) is 23.7 Å². The van der Waals surface area contributed by atoms with Gasteiger partial charge in [-0.15, -0.1) is 22.7 Å². The summed E-state index contributed by atoms with van der Waals surface area (Å²) in [6, 6.07) is 16.4. The second kappa shape index (κ2) is 8.26. The van der Waals surface area contributed by atoms with Gasteiger partial charge in [0.25, 0.3) is 0 Å². The van der Waals surface area contributed by atoms with Crippen molar-refractivity contribution in [1.82, 2.24) is 14.9 Å². The van der Waals surface area contributed by atoms with Gasteiger partial charge in [0.15, 0.2) is 5.13 Å². The lowest BCUT2D eigenvalue weighted by Crippen LogP contribution is -2.22. The van der Waals surface area contributed by atoms with Gasteiger partial charge in [-0.2, -0.15) is 0 Å². The first-order chi connectivity index (χ1) is 13.6. The van der Waals surface area contributed by atoms with Crippen LogP contribution in [0.3, 0.4) is 0 Å². The largest absolute Gasteiger partial charge is 0.497 e. The predicted octanol–water partition coefficient (Wildman–Crippen LogP) is 5.70. The molecule has 1 atom stereocenters. The first kappa shape index (κ1) is 18.9. The predicted molar refractivity (Wildman–Crippen MR) is 118 cm³/mol. The molecule has 2 aromatic carbocycles. The molecule has 7 heteroatoms. The van der Waals surface area contributed by atoms with Gasteiger partial charge in [-0.1, -0.05) is 12.1 Å². The number of hydrogen-bond acceptors (Lipinski definition) is 7. The van der Waals surface area contributed by atoms with E-state index in [0.29, 0.717) is 0 Å². The molecule has 0 saturated carbocycles. The van der Waals surface area contributed by atoms with Gasteiger partial charge >= 0.3 is 0 Å². The number of anilines is 2. The molecule has 0 bridgehead atoms. The lowest BCUT2D eigenvalue weighted by atomic mass is 10.3. The molecule has 0 aliphatic rings. The van der Waals surface area contributed by atoms with Gasteiger partial charge in [-0.05, 0) is 50.4 Å². The summed E-state index contributed by atoms with van der Waals surface area (Å²) in [4.78, 5) is 11.8. The highest BCUT2D eigenvalue weighted by molar-refractivity contribution is 7.18. The van der Waals surface area contributed by atoms with Crippen molar-refractivity contribution < 1.29 is 4.74 Å². The van der Waals surface area contributed by atoms with Crippen LogP contribution < -0.4 is 10.1 Å². The highest BCUT2D eigenvalue weighted by Gasteiger charge is 2.17. The number of nitrogens with one attached hydrogen (secondary N) is 1. The minimum atomic E-state index is 0.233. The third-order valence-corrected chi connectivity index (χ3v) is 6.65. The summed E-state index contributed by atoms with van der Waals surface area (Å²) in [6.07, 6.45) is 0. The van der Waals surface area contributed by atoms with Crippen LogP contribution in [0.2, 0.25) is 0 Å². The van der Waals surface area contributed by atoms with Crippen molar-refractivity contribution in [3.05, 3.63) is 64.6 Å². The van der Waals surface area contributed by atoms with Crippen molar-refractivity contribution in [3.63, 3.8) is 0 Å². The quantitative estimate of drug-likeness (QED) is 0.424. The maximum absolute atomic E-state index is 5.19. The zero-order chi connectivity index (χ0) is 19.5. The average Bonchev–Trinajstić information content (AvgIpc) is 3.34. The fraction of sp³-hybridized carbons (Fsp3) is 0.238. The van der Waals surface area contributed by atoms with Crippen molar-refractivity contribution >= 4 is 43.7 Å². The Morgan fingerprint density at radius 3 is 2.64 bits per heavy atom. The normalized spacial score (nSPS) is 12.4. The van der Waals surface area contributed by atoms with E-state index in [9.17, 15) is 0 Å². The lowest BCUT2D eigenvalue weighted by molar-refractivity contribution is 0.250. The second-order valence-electron chi connectivity index (χ2n) is 6.61. The molecule has 2 heterocycles. The monoisotopic (exact) mass is 410 g/mol. The second-order valence-corrected chi connectivity index (χ2v) is 8.53. The average molecular weight is 411 g/mol. The number of methoxy groups -OCH3 is 1. The maximum atomic E-state index is 5.19. The van der Waals surface area contributed by atoms with Gasteiger partial charge in [0.05, 0.1) is 29.1 Å². The van der Waals surface area contributed by atoms with Crippen LogP contribution in [-0.4, -0.2) is 29.0 Å². The number of hydrogen-bond donors (Lipinski definition) is 1. The Labute approximate surface area is 172 Å². The minimum absolute atomic E-state index is 0.233. The minimum Gasteiger partial charge on any atom is -0.497 e. The summed E-state index contributed by atoms with van der Waals surface area (Å²) in [5, 5.41) is 7.48. The molecule has 0 unspecified atom stereocenters. The van der Waals surface area contributed by atoms with E-state index < -0.39 is 0 Å². The first-order valence-electron chi connectivity index (χ1n) is 9.03. The van der Waals surface area contributed by atoms with Crippen molar-refractivity contribution in [3.8, 4) is 5.75 Å². The van der Waals surface area contributed by atoms with Crippen LogP contribution in [0, 0.1) is 0 Å². The molecule has 0 amide bonds. The SMILES string of the molecule is COc1ccc(Nc2nc(CN(C)[C@H](C)c3nc4ccccc4s3)cs2)cc1. The van der Waals surface area contributed by atoms with E-state index >= 15 is 0 Å². The summed E-state index contributed by atoms with van der Waals surface area (Å²) in [6.45, 7) is 2.97. The van der Waals surface area contributed by atoms with Crippen LogP contribution in [0.4, 0.5) is 10.8 Å². The molecular formula is C21H22N4OS2. The number of fused-ring (bicyclic) bond motifs is 1. The molecule has 2 aromatic heterocycles. The van der Waals surface area contributed by atoms with Gasteiger partial charge in [0, 0.05) is 17.6 Å². The van der Waals surface area contributed by atoms with Crippen LogP contribution in [-0.2, 0) is 6.54 Å². The van der Waals surface area contributed by atoms with Crippen LogP contribution >= 0.6 is 22.7 Å². The fourth-order valence-corrected chi connectivity index (χ4v) is 4.69. The standard InChI is InChI=1S/C21H22N4OS2/c1-14(20-24-18-6-4-5-7-19(18)28-20)25(2)12-16-13-27-21(23-16)22-15-8-10-17(26-3)11-9-15/h4-11,13-14H,12H2,1-3H3,(H,22,23)/t14-/m1/s1. The van der Waals surface area contributed by atoms with Gasteiger partial charge in [-0.3, -0.25) is 4.90 Å². The Morgan fingerprint density at radius 1 is 1.11 bits per heavy atom. The maximum Gasteiger partial charge on any atom is 0.187 e. The number of thiazole rings is 2. The van der Waals surface area contributed by atoms with E-state index in [2.05, 4.69) is 47.8 Å². The van der Waals surface area contributed by atoms with E-state index in [4.69, 9.17) is 14.7 Å². The Hall–Kier alpha value is -2.48. The van der Waals surface area contributed by atoms with E-state index in [-0.39, 0.29) is 6.04 Å². The van der Waals surface area contributed by atoms with Gasteiger partial charge < -0.3 is 10.1 Å². The molecule has 0 spiro atoms. The molecule has 4 rings (SSSR count). The van der Waals surface area contributed by atoms with E-state index in [1.54, 1.807) is 29.8 Å². The Kier molecular flexibility index (Phi) is 5.57. The molecule has 0 saturated heterocycles. The third-order valence-electron chi connectivity index (χ3n) is 4.63. The number of para-hydroxylation sites is 1. The summed E-state index contributed by atoms with van der Waals surface area (Å²) >= 11 is 3.38. The molecule has 0 radical (unpaired) electrons. The van der Waals surface area contributed by atoms with Gasteiger partial charge in [0.1, 0.15) is 10.8 Å². The molecule has 28 heavy (non-hydrogen) atoms. The van der Waals surface area contributed by atoms with E-state index in [0.717, 1.165) is 39.3 Å². The summed E-state index contributed by atoms with van der Waals surface area (Å²) in [7, 11) is 3.79. The zero-order valence-corrected chi connectivity index (χ0v) is 17.7. The Morgan fingerprint density at radius 2 is 1.89 bits per heavy atom. The zero-order valence-electron chi connectivity index (χ0n) is 16.0. The molecule has 1 N–H and O–H groups in total. The number of benzene rings is 2.